The second-order valence-electron chi connectivity index (χ2n) is 3.37. The molecule has 3 nitrogen and oxygen atoms in total. The molecule has 0 aromatic carbocycles. The van der Waals surface area contributed by atoms with E-state index < -0.39 is 9.84 Å². The van der Waals surface area contributed by atoms with Crippen LogP contribution in [-0.4, -0.2) is 33.6 Å². The van der Waals surface area contributed by atoms with E-state index >= 15 is 0 Å². The average Bonchev–Trinajstić information content (AvgIpc) is 1.57. The fraction of sp³-hybridized carbons (Fsp3) is 1.00. The molecule has 10 heavy (non-hydrogen) atoms. The lowest BCUT2D eigenvalue weighted by Crippen LogP contribution is -2.44. The van der Waals surface area contributed by atoms with Crippen LogP contribution in [0.25, 0.3) is 0 Å². The number of hydrogen-bond donors (Lipinski definition) is 0. The van der Waals surface area contributed by atoms with Gasteiger partial charge in [0.1, 0.15) is 9.84 Å². The van der Waals surface area contributed by atoms with Crippen molar-refractivity contribution >= 4 is 9.84 Å². The van der Waals surface area contributed by atoms with E-state index in [1.54, 1.807) is 0 Å². The van der Waals surface area contributed by atoms with Crippen molar-refractivity contribution in [3.63, 3.8) is 0 Å². The Hall–Kier alpha value is -0.0900. The maximum atomic E-state index is 10.8. The van der Waals surface area contributed by atoms with Crippen LogP contribution in [0.1, 0.15) is 6.92 Å². The quantitative estimate of drug-likeness (QED) is 0.580. The summed E-state index contributed by atoms with van der Waals surface area (Å²) in [5.74, 6) is 0.250. The lowest BCUT2D eigenvalue weighted by molar-refractivity contribution is -0.0869. The van der Waals surface area contributed by atoms with Crippen LogP contribution < -0.4 is 0 Å². The van der Waals surface area contributed by atoms with Gasteiger partial charge in [0.15, 0.2) is 0 Å². The van der Waals surface area contributed by atoms with Crippen molar-refractivity contribution in [2.24, 2.45) is 5.41 Å². The lowest BCUT2D eigenvalue weighted by Gasteiger charge is -2.37. The number of rotatable bonds is 2. The molecule has 1 rings (SSSR count). The van der Waals surface area contributed by atoms with Gasteiger partial charge in [-0.25, -0.2) is 8.42 Å². The summed E-state index contributed by atoms with van der Waals surface area (Å²) in [6.07, 6.45) is 1.26. The van der Waals surface area contributed by atoms with Crippen LogP contribution >= 0.6 is 0 Å². The third kappa shape index (κ3) is 1.95. The zero-order valence-electron chi connectivity index (χ0n) is 6.25. The molecule has 0 saturated carbocycles. The van der Waals surface area contributed by atoms with Crippen LogP contribution in [0.2, 0.25) is 0 Å². The van der Waals surface area contributed by atoms with Crippen molar-refractivity contribution in [3.05, 3.63) is 0 Å². The maximum absolute atomic E-state index is 10.8. The highest BCUT2D eigenvalue weighted by Gasteiger charge is 2.36. The molecule has 0 aromatic heterocycles. The summed E-state index contributed by atoms with van der Waals surface area (Å²) in [5, 5.41) is 0. The molecule has 0 unspecified atom stereocenters. The summed E-state index contributed by atoms with van der Waals surface area (Å²) in [6.45, 7) is 3.09. The largest absolute Gasteiger partial charge is 0.380 e. The summed E-state index contributed by atoms with van der Waals surface area (Å²) in [5.41, 5.74) is -0.104. The molecule has 1 fully saturated rings. The van der Waals surface area contributed by atoms with Gasteiger partial charge in [0.2, 0.25) is 0 Å². The van der Waals surface area contributed by atoms with Gasteiger partial charge < -0.3 is 4.74 Å². The number of hydrogen-bond acceptors (Lipinski definition) is 3. The van der Waals surface area contributed by atoms with Gasteiger partial charge in [-0.1, -0.05) is 6.92 Å². The predicted octanol–water partition coefficient (Wildman–Crippen LogP) is 0.0675. The van der Waals surface area contributed by atoms with Gasteiger partial charge in [-0.3, -0.25) is 0 Å². The third-order valence-corrected chi connectivity index (χ3v) is 2.73. The van der Waals surface area contributed by atoms with Crippen LogP contribution in [0.5, 0.6) is 0 Å². The van der Waals surface area contributed by atoms with Crippen molar-refractivity contribution in [2.75, 3.05) is 25.2 Å². The second kappa shape index (κ2) is 2.20. The first-order valence-corrected chi connectivity index (χ1v) is 5.23. The fourth-order valence-electron chi connectivity index (χ4n) is 1.17. The molecule has 0 bridgehead atoms. The Bertz CT molecular complexity index is 213. The van der Waals surface area contributed by atoms with Crippen molar-refractivity contribution in [1.82, 2.24) is 0 Å². The van der Waals surface area contributed by atoms with Crippen molar-refractivity contribution in [2.45, 2.75) is 6.92 Å². The molecular weight excluding hydrogens is 152 g/mol. The van der Waals surface area contributed by atoms with Gasteiger partial charge in [0.25, 0.3) is 0 Å². The molecular formula is C6H12O3S. The SMILES string of the molecule is CC1(CS(C)(=O)=O)COC1. The minimum absolute atomic E-state index is 0.104. The van der Waals surface area contributed by atoms with Gasteiger partial charge in [-0.15, -0.1) is 0 Å². The standard InChI is InChI=1S/C6H12O3S/c1-6(3-9-4-6)5-10(2,7)8/h3-5H2,1-2H3. The Labute approximate surface area is 61.3 Å². The van der Waals surface area contributed by atoms with Crippen LogP contribution in [0.3, 0.4) is 0 Å². The Morgan fingerprint density at radius 3 is 2.10 bits per heavy atom. The summed E-state index contributed by atoms with van der Waals surface area (Å²) in [4.78, 5) is 0. The van der Waals surface area contributed by atoms with E-state index in [-0.39, 0.29) is 11.2 Å². The highest BCUT2D eigenvalue weighted by Crippen LogP contribution is 2.27. The van der Waals surface area contributed by atoms with E-state index in [9.17, 15) is 8.42 Å². The second-order valence-corrected chi connectivity index (χ2v) is 5.51. The molecule has 1 aliphatic heterocycles. The first-order valence-electron chi connectivity index (χ1n) is 3.17. The molecule has 1 saturated heterocycles. The molecule has 60 valence electrons. The fourth-order valence-corrected chi connectivity index (χ4v) is 2.60. The highest BCUT2D eigenvalue weighted by molar-refractivity contribution is 7.90. The van der Waals surface area contributed by atoms with Gasteiger partial charge in [-0.05, 0) is 0 Å². The molecule has 0 amide bonds. The average molecular weight is 164 g/mol. The Morgan fingerprint density at radius 1 is 1.50 bits per heavy atom. The van der Waals surface area contributed by atoms with Crippen LogP contribution in [-0.2, 0) is 14.6 Å². The predicted molar refractivity (Wildman–Crippen MR) is 38.6 cm³/mol. The van der Waals surface area contributed by atoms with E-state index in [4.69, 9.17) is 4.74 Å². The molecule has 0 aliphatic carbocycles. The molecule has 4 heteroatoms. The third-order valence-electron chi connectivity index (χ3n) is 1.51. The molecule has 0 atom stereocenters. The van der Waals surface area contributed by atoms with Crippen LogP contribution in [0, 0.1) is 5.41 Å². The summed E-state index contributed by atoms with van der Waals surface area (Å²) < 4.78 is 26.5. The molecule has 0 N–H and O–H groups in total. The minimum atomic E-state index is -2.82. The first kappa shape index (κ1) is 8.01. The molecule has 0 aromatic rings. The van der Waals surface area contributed by atoms with E-state index in [0.717, 1.165) is 0 Å². The molecule has 0 spiro atoms. The Balaban J connectivity index is 2.53. The number of sulfone groups is 1. The van der Waals surface area contributed by atoms with Crippen LogP contribution in [0.4, 0.5) is 0 Å². The zero-order chi connectivity index (χ0) is 7.83. The van der Waals surface area contributed by atoms with E-state index in [0.29, 0.717) is 13.2 Å². The summed E-state index contributed by atoms with van der Waals surface area (Å²) in [7, 11) is -2.82. The monoisotopic (exact) mass is 164 g/mol. The van der Waals surface area contributed by atoms with E-state index in [2.05, 4.69) is 0 Å². The lowest BCUT2D eigenvalue weighted by atomic mass is 9.92. The van der Waals surface area contributed by atoms with Gasteiger partial charge >= 0.3 is 0 Å². The zero-order valence-corrected chi connectivity index (χ0v) is 7.07. The Kier molecular flexibility index (Phi) is 1.76. The minimum Gasteiger partial charge on any atom is -0.380 e. The first-order chi connectivity index (χ1) is 4.41. The van der Waals surface area contributed by atoms with Crippen LogP contribution in [0.15, 0.2) is 0 Å². The topological polar surface area (TPSA) is 43.4 Å². The van der Waals surface area contributed by atoms with Crippen molar-refractivity contribution < 1.29 is 13.2 Å². The normalized spacial score (nSPS) is 23.8. The Morgan fingerprint density at radius 2 is 2.00 bits per heavy atom. The maximum Gasteiger partial charge on any atom is 0.148 e. The molecule has 1 heterocycles. The number of ether oxygens (including phenoxy) is 1. The van der Waals surface area contributed by atoms with Gasteiger partial charge in [0, 0.05) is 11.7 Å². The van der Waals surface area contributed by atoms with Gasteiger partial charge in [0.05, 0.1) is 19.0 Å². The summed E-state index contributed by atoms with van der Waals surface area (Å²) >= 11 is 0. The summed E-state index contributed by atoms with van der Waals surface area (Å²) in [6, 6.07) is 0. The molecule has 1 aliphatic rings. The highest BCUT2D eigenvalue weighted by atomic mass is 32.2. The van der Waals surface area contributed by atoms with Crippen molar-refractivity contribution in [3.8, 4) is 0 Å². The van der Waals surface area contributed by atoms with E-state index in [1.165, 1.54) is 6.26 Å². The molecule has 0 radical (unpaired) electrons. The smallest absolute Gasteiger partial charge is 0.148 e. The van der Waals surface area contributed by atoms with Crippen molar-refractivity contribution in [1.29, 1.82) is 0 Å². The van der Waals surface area contributed by atoms with E-state index in [1.807, 2.05) is 6.92 Å². The van der Waals surface area contributed by atoms with Gasteiger partial charge in [-0.2, -0.15) is 0 Å².